The van der Waals surface area contributed by atoms with Crippen molar-refractivity contribution in [2.45, 2.75) is 91.0 Å². The Morgan fingerprint density at radius 1 is 0.975 bits per heavy atom. The normalized spacial score (nSPS) is 14.3. The molecule has 0 aliphatic carbocycles. The first-order valence-electron chi connectivity index (χ1n) is 14.1. The maximum Gasteiger partial charge on any atom is 0.303 e. The van der Waals surface area contributed by atoms with Crippen LogP contribution in [-0.2, 0) is 9.59 Å². The van der Waals surface area contributed by atoms with Gasteiger partial charge in [-0.05, 0) is 51.3 Å². The van der Waals surface area contributed by atoms with Crippen molar-refractivity contribution in [1.29, 1.82) is 0 Å². The number of unbranched alkanes of at least 4 members (excludes halogenated alkanes) is 7. The summed E-state index contributed by atoms with van der Waals surface area (Å²) >= 11 is 7.88. The van der Waals surface area contributed by atoms with E-state index in [1.54, 1.807) is 11.3 Å². The summed E-state index contributed by atoms with van der Waals surface area (Å²) in [6.07, 6.45) is 8.66. The quantitative estimate of drug-likeness (QED) is 0.201. The molecule has 0 spiro atoms. The lowest BCUT2D eigenvalue weighted by Crippen LogP contribution is -2.26. The van der Waals surface area contributed by atoms with Gasteiger partial charge in [-0.1, -0.05) is 62.3 Å². The predicted molar refractivity (Wildman–Crippen MR) is 160 cm³/mol. The monoisotopic (exact) mass is 583 g/mol. The lowest BCUT2D eigenvalue weighted by atomic mass is 9.99. The molecule has 1 aromatic carbocycles. The third-order valence-corrected chi connectivity index (χ3v) is 8.82. The Balaban J connectivity index is 1.38. The number of thiophene rings is 1. The first-order valence-corrected chi connectivity index (χ1v) is 15.3. The van der Waals surface area contributed by atoms with E-state index >= 15 is 0 Å². The zero-order valence-corrected chi connectivity index (χ0v) is 25.1. The second kappa shape index (κ2) is 14.0. The Labute approximate surface area is 244 Å². The topological polar surface area (TPSA) is 109 Å². The van der Waals surface area contributed by atoms with E-state index in [1.807, 2.05) is 31.2 Å². The minimum absolute atomic E-state index is 0.0482. The van der Waals surface area contributed by atoms with Crippen LogP contribution in [0.4, 0.5) is 0 Å². The van der Waals surface area contributed by atoms with Crippen LogP contribution >= 0.6 is 22.9 Å². The van der Waals surface area contributed by atoms with Crippen molar-refractivity contribution in [2.24, 2.45) is 4.99 Å². The van der Waals surface area contributed by atoms with Gasteiger partial charge in [0.05, 0.1) is 12.1 Å². The van der Waals surface area contributed by atoms with Gasteiger partial charge in [0.2, 0.25) is 5.91 Å². The van der Waals surface area contributed by atoms with Gasteiger partial charge in [-0.3, -0.25) is 19.1 Å². The van der Waals surface area contributed by atoms with E-state index in [4.69, 9.17) is 21.7 Å². The van der Waals surface area contributed by atoms with Gasteiger partial charge in [0.1, 0.15) is 16.9 Å². The number of aliphatic imine (C=N–C) groups is 1. The van der Waals surface area contributed by atoms with E-state index in [9.17, 15) is 9.59 Å². The Hall–Kier alpha value is -3.04. The molecule has 0 radical (unpaired) electrons. The van der Waals surface area contributed by atoms with Gasteiger partial charge < -0.3 is 10.4 Å². The molecule has 40 heavy (non-hydrogen) atoms. The summed E-state index contributed by atoms with van der Waals surface area (Å²) in [5, 5.41) is 22.3. The zero-order chi connectivity index (χ0) is 28.6. The molecule has 8 nitrogen and oxygen atoms in total. The first-order chi connectivity index (χ1) is 19.3. The van der Waals surface area contributed by atoms with E-state index in [2.05, 4.69) is 33.9 Å². The Kier molecular flexibility index (Phi) is 10.5. The van der Waals surface area contributed by atoms with Gasteiger partial charge in [-0.15, -0.1) is 21.5 Å². The van der Waals surface area contributed by atoms with Gasteiger partial charge >= 0.3 is 5.97 Å². The summed E-state index contributed by atoms with van der Waals surface area (Å²) in [6.45, 7) is 6.79. The van der Waals surface area contributed by atoms with Gasteiger partial charge in [-0.25, -0.2) is 0 Å². The van der Waals surface area contributed by atoms with Crippen molar-refractivity contribution in [3.05, 3.63) is 62.5 Å². The summed E-state index contributed by atoms with van der Waals surface area (Å²) in [6, 6.07) is 7.22. The van der Waals surface area contributed by atoms with Crippen molar-refractivity contribution in [3.63, 3.8) is 0 Å². The number of carbonyl (C=O) groups excluding carboxylic acids is 1. The van der Waals surface area contributed by atoms with Crippen LogP contribution in [-0.4, -0.2) is 44.0 Å². The highest BCUT2D eigenvalue weighted by molar-refractivity contribution is 7.15. The average Bonchev–Trinajstić information content (AvgIpc) is 3.39. The van der Waals surface area contributed by atoms with Crippen molar-refractivity contribution < 1.29 is 14.7 Å². The third-order valence-electron chi connectivity index (χ3n) is 7.38. The van der Waals surface area contributed by atoms with Crippen LogP contribution in [0, 0.1) is 20.8 Å². The minimum atomic E-state index is -0.714. The van der Waals surface area contributed by atoms with Crippen molar-refractivity contribution in [2.75, 3.05) is 6.54 Å². The molecule has 2 aromatic heterocycles. The molecule has 1 amide bonds. The Bertz CT molecular complexity index is 1360. The SMILES string of the molecule is Cc1sc2c(c1C)C(c1ccc(Cl)cc1)=N[C@@H](CC(=O)NCCCCCCCCCCC(=O)O)c1nnc(C)n1-2. The molecule has 0 saturated carbocycles. The van der Waals surface area contributed by atoms with Crippen LogP contribution in [0.5, 0.6) is 0 Å². The van der Waals surface area contributed by atoms with Crippen molar-refractivity contribution in [1.82, 2.24) is 20.1 Å². The number of carboxylic acid groups (broad SMARTS) is 1. The number of aliphatic carboxylic acids is 1. The number of fused-ring (bicyclic) bond motifs is 3. The number of benzene rings is 1. The number of carboxylic acids is 1. The highest BCUT2D eigenvalue weighted by Crippen LogP contribution is 2.39. The maximum atomic E-state index is 13.0. The van der Waals surface area contributed by atoms with Crippen LogP contribution in [0.2, 0.25) is 5.02 Å². The van der Waals surface area contributed by atoms with Crippen LogP contribution in [0.1, 0.15) is 103 Å². The van der Waals surface area contributed by atoms with Gasteiger partial charge in [-0.2, -0.15) is 0 Å². The van der Waals surface area contributed by atoms with Crippen LogP contribution in [0.3, 0.4) is 0 Å². The molecule has 0 bridgehead atoms. The molecule has 1 aliphatic heterocycles. The molecule has 0 saturated heterocycles. The predicted octanol–water partition coefficient (Wildman–Crippen LogP) is 6.90. The largest absolute Gasteiger partial charge is 0.481 e. The molecular formula is C30H38ClN5O3S. The molecule has 0 fully saturated rings. The Morgan fingerprint density at radius 2 is 1.62 bits per heavy atom. The molecule has 1 aliphatic rings. The number of carbonyl (C=O) groups is 2. The lowest BCUT2D eigenvalue weighted by molar-refractivity contribution is -0.137. The molecule has 0 unspecified atom stereocenters. The number of amides is 1. The van der Waals surface area contributed by atoms with Gasteiger partial charge in [0.15, 0.2) is 5.82 Å². The number of halogens is 1. The van der Waals surface area contributed by atoms with Crippen LogP contribution < -0.4 is 5.32 Å². The highest BCUT2D eigenvalue weighted by Gasteiger charge is 2.32. The summed E-state index contributed by atoms with van der Waals surface area (Å²) < 4.78 is 2.06. The standard InChI is InChI=1S/C30H38ClN5O3S/c1-19-20(2)40-30-27(19)28(22-13-15-23(31)16-14-22)33-24(29-35-34-21(3)36(29)30)18-25(37)32-17-11-9-7-5-4-6-8-10-12-26(38)39/h13-16,24H,4-12,17-18H2,1-3H3,(H,32,37)(H,38,39)/t24-/m0/s1. The Morgan fingerprint density at radius 3 is 2.30 bits per heavy atom. The number of nitrogens with one attached hydrogen (secondary N) is 1. The van der Waals surface area contributed by atoms with Crippen molar-refractivity contribution in [3.8, 4) is 5.00 Å². The van der Waals surface area contributed by atoms with E-state index < -0.39 is 12.0 Å². The molecule has 2 N–H and O–H groups in total. The van der Waals surface area contributed by atoms with Gasteiger partial charge in [0.25, 0.3) is 0 Å². The van der Waals surface area contributed by atoms with Crippen LogP contribution in [0.15, 0.2) is 29.3 Å². The molecule has 4 rings (SSSR count). The molecule has 10 heteroatoms. The van der Waals surface area contributed by atoms with E-state index in [0.717, 1.165) is 84.6 Å². The average molecular weight is 584 g/mol. The van der Waals surface area contributed by atoms with E-state index in [0.29, 0.717) is 17.4 Å². The van der Waals surface area contributed by atoms with Gasteiger partial charge in [0, 0.05) is 34.0 Å². The molecule has 214 valence electrons. The van der Waals surface area contributed by atoms with Crippen molar-refractivity contribution >= 4 is 40.5 Å². The third kappa shape index (κ3) is 7.37. The van der Waals surface area contributed by atoms with Crippen LogP contribution in [0.25, 0.3) is 5.00 Å². The van der Waals surface area contributed by atoms with E-state index in [1.165, 1.54) is 4.88 Å². The molecule has 3 aromatic rings. The lowest BCUT2D eigenvalue weighted by Gasteiger charge is -2.13. The second-order valence-electron chi connectivity index (χ2n) is 10.4. The fourth-order valence-electron chi connectivity index (χ4n) is 5.07. The number of aromatic nitrogens is 3. The molecular weight excluding hydrogens is 546 g/mol. The number of hydrogen-bond donors (Lipinski definition) is 2. The summed E-state index contributed by atoms with van der Waals surface area (Å²) in [5.74, 6) is 0.696. The number of hydrogen-bond acceptors (Lipinski definition) is 6. The summed E-state index contributed by atoms with van der Waals surface area (Å²) in [4.78, 5) is 30.0. The molecule has 3 heterocycles. The minimum Gasteiger partial charge on any atom is -0.481 e. The number of aryl methyl sites for hydroxylation is 2. The van der Waals surface area contributed by atoms with E-state index in [-0.39, 0.29) is 18.7 Å². The summed E-state index contributed by atoms with van der Waals surface area (Å²) in [7, 11) is 0. The number of rotatable bonds is 14. The molecule has 1 atom stereocenters. The second-order valence-corrected chi connectivity index (χ2v) is 12.1. The fraction of sp³-hybridized carbons (Fsp3) is 0.500. The first kappa shape index (κ1) is 29.9. The maximum absolute atomic E-state index is 13.0. The zero-order valence-electron chi connectivity index (χ0n) is 23.5. The summed E-state index contributed by atoms with van der Waals surface area (Å²) in [5.41, 5.74) is 4.02. The smallest absolute Gasteiger partial charge is 0.303 e. The fourth-order valence-corrected chi connectivity index (χ4v) is 6.41. The highest BCUT2D eigenvalue weighted by atomic mass is 35.5. The number of nitrogens with zero attached hydrogens (tertiary/aromatic N) is 4.